The van der Waals surface area contributed by atoms with Gasteiger partial charge in [-0.15, -0.1) is 0 Å². The molecule has 1 aromatic rings. The Balaban J connectivity index is 2.89. The molecule has 1 unspecified atom stereocenters. The summed E-state index contributed by atoms with van der Waals surface area (Å²) in [6, 6.07) is 7.53. The van der Waals surface area contributed by atoms with Crippen molar-refractivity contribution >= 4 is 0 Å². The van der Waals surface area contributed by atoms with E-state index in [0.29, 0.717) is 12.2 Å². The minimum Gasteiger partial charge on any atom is -0.504 e. The van der Waals surface area contributed by atoms with E-state index < -0.39 is 0 Å². The van der Waals surface area contributed by atoms with Crippen LogP contribution in [0.25, 0.3) is 0 Å². The van der Waals surface area contributed by atoms with Gasteiger partial charge in [-0.05, 0) is 18.4 Å². The third-order valence-corrected chi connectivity index (χ3v) is 2.47. The number of para-hydroxylation sites is 1. The van der Waals surface area contributed by atoms with E-state index in [2.05, 4.69) is 6.07 Å². The van der Waals surface area contributed by atoms with Gasteiger partial charge < -0.3 is 9.84 Å². The van der Waals surface area contributed by atoms with Crippen molar-refractivity contribution in [2.75, 3.05) is 7.11 Å². The normalized spacial score (nSPS) is 11.8. The number of methoxy groups -OCH3 is 1. The number of nitriles is 1. The van der Waals surface area contributed by atoms with Crippen molar-refractivity contribution in [1.29, 1.82) is 5.26 Å². The molecule has 0 fully saturated rings. The zero-order valence-corrected chi connectivity index (χ0v) is 9.03. The highest BCUT2D eigenvalue weighted by Gasteiger charge is 2.13. The number of phenolic OH excluding ortho intramolecular Hbond substituents is 1. The zero-order valence-electron chi connectivity index (χ0n) is 9.03. The molecule has 0 radical (unpaired) electrons. The fourth-order valence-electron chi connectivity index (χ4n) is 1.54. The summed E-state index contributed by atoms with van der Waals surface area (Å²) in [5.74, 6) is 0.835. The molecule has 3 nitrogen and oxygen atoms in total. The van der Waals surface area contributed by atoms with Gasteiger partial charge >= 0.3 is 0 Å². The lowest BCUT2D eigenvalue weighted by Gasteiger charge is -2.13. The van der Waals surface area contributed by atoms with Crippen LogP contribution in [-0.2, 0) is 0 Å². The molecule has 3 heteroatoms. The molecule has 0 aliphatic heterocycles. The van der Waals surface area contributed by atoms with Crippen molar-refractivity contribution in [3.05, 3.63) is 23.8 Å². The van der Waals surface area contributed by atoms with Crippen LogP contribution in [0.4, 0.5) is 0 Å². The van der Waals surface area contributed by atoms with Crippen molar-refractivity contribution in [1.82, 2.24) is 0 Å². The second-order valence-corrected chi connectivity index (χ2v) is 3.50. The summed E-state index contributed by atoms with van der Waals surface area (Å²) >= 11 is 0. The third-order valence-electron chi connectivity index (χ3n) is 2.47. The lowest BCUT2D eigenvalue weighted by molar-refractivity contribution is 0.368. The Kier molecular flexibility index (Phi) is 3.99. The van der Waals surface area contributed by atoms with E-state index >= 15 is 0 Å². The highest BCUT2D eigenvalue weighted by atomic mass is 16.5. The Bertz CT molecular complexity index is 368. The summed E-state index contributed by atoms with van der Waals surface area (Å²) in [6.45, 7) is 1.99. The van der Waals surface area contributed by atoms with Crippen LogP contribution in [0.2, 0.25) is 0 Å². The fraction of sp³-hybridized carbons (Fsp3) is 0.417. The molecule has 1 rings (SSSR count). The number of ether oxygens (including phenoxy) is 1. The number of hydrogen-bond acceptors (Lipinski definition) is 3. The van der Waals surface area contributed by atoms with Crippen molar-refractivity contribution in [3.63, 3.8) is 0 Å². The first kappa shape index (κ1) is 11.4. The summed E-state index contributed by atoms with van der Waals surface area (Å²) in [6.07, 6.45) is 1.25. The predicted molar refractivity (Wildman–Crippen MR) is 57.9 cm³/mol. The molecule has 0 amide bonds. The first-order valence-corrected chi connectivity index (χ1v) is 4.93. The van der Waals surface area contributed by atoms with E-state index in [9.17, 15) is 5.11 Å². The van der Waals surface area contributed by atoms with E-state index in [-0.39, 0.29) is 11.7 Å². The fourth-order valence-corrected chi connectivity index (χ4v) is 1.54. The highest BCUT2D eigenvalue weighted by molar-refractivity contribution is 5.46. The van der Waals surface area contributed by atoms with Crippen LogP contribution in [-0.4, -0.2) is 12.2 Å². The van der Waals surface area contributed by atoms with Gasteiger partial charge in [-0.2, -0.15) is 5.26 Å². The lowest BCUT2D eigenvalue weighted by atomic mass is 9.95. The topological polar surface area (TPSA) is 53.2 Å². The molecule has 0 saturated carbocycles. The second-order valence-electron chi connectivity index (χ2n) is 3.50. The Labute approximate surface area is 89.9 Å². The molecule has 80 valence electrons. The summed E-state index contributed by atoms with van der Waals surface area (Å²) in [7, 11) is 1.53. The summed E-state index contributed by atoms with van der Waals surface area (Å²) in [5, 5.41) is 18.3. The predicted octanol–water partition coefficient (Wildman–Crippen LogP) is 2.81. The van der Waals surface area contributed by atoms with Crippen LogP contribution in [0.15, 0.2) is 18.2 Å². The Morgan fingerprint density at radius 1 is 1.53 bits per heavy atom. The Hall–Kier alpha value is -1.69. The van der Waals surface area contributed by atoms with Gasteiger partial charge in [-0.25, -0.2) is 0 Å². The molecule has 1 N–H and O–H groups in total. The molecule has 15 heavy (non-hydrogen) atoms. The highest BCUT2D eigenvalue weighted by Crippen LogP contribution is 2.35. The third kappa shape index (κ3) is 2.63. The maximum Gasteiger partial charge on any atom is 0.161 e. The van der Waals surface area contributed by atoms with Gasteiger partial charge in [0.05, 0.1) is 13.2 Å². The summed E-state index contributed by atoms with van der Waals surface area (Å²) in [5.41, 5.74) is 0.838. The first-order valence-electron chi connectivity index (χ1n) is 4.93. The van der Waals surface area contributed by atoms with E-state index in [0.717, 1.165) is 12.0 Å². The van der Waals surface area contributed by atoms with Crippen LogP contribution in [0.3, 0.4) is 0 Å². The molecular formula is C12H15NO2. The molecule has 0 heterocycles. The van der Waals surface area contributed by atoms with Crippen LogP contribution in [0.1, 0.15) is 31.2 Å². The number of phenols is 1. The van der Waals surface area contributed by atoms with Gasteiger partial charge in [0.25, 0.3) is 0 Å². The average Bonchev–Trinajstić information content (AvgIpc) is 2.26. The van der Waals surface area contributed by atoms with Gasteiger partial charge in [0, 0.05) is 12.0 Å². The molecule has 1 aromatic carbocycles. The van der Waals surface area contributed by atoms with Crippen LogP contribution < -0.4 is 4.74 Å². The number of nitrogens with zero attached hydrogens (tertiary/aromatic N) is 1. The molecule has 0 bridgehead atoms. The molecule has 1 atom stereocenters. The maximum absolute atomic E-state index is 9.85. The molecule has 0 spiro atoms. The second kappa shape index (κ2) is 5.26. The van der Waals surface area contributed by atoms with Gasteiger partial charge in [0.1, 0.15) is 0 Å². The molecule has 0 aromatic heterocycles. The van der Waals surface area contributed by atoms with E-state index in [1.807, 2.05) is 19.1 Å². The lowest BCUT2D eigenvalue weighted by Crippen LogP contribution is -1.95. The quantitative estimate of drug-likeness (QED) is 0.822. The monoisotopic (exact) mass is 205 g/mol. The first-order chi connectivity index (χ1) is 7.20. The van der Waals surface area contributed by atoms with Gasteiger partial charge in [0.15, 0.2) is 11.5 Å². The van der Waals surface area contributed by atoms with Gasteiger partial charge in [-0.3, -0.25) is 0 Å². The number of aromatic hydroxyl groups is 1. The van der Waals surface area contributed by atoms with Gasteiger partial charge in [0.2, 0.25) is 0 Å². The molecule has 0 saturated heterocycles. The average molecular weight is 205 g/mol. The van der Waals surface area contributed by atoms with Crippen LogP contribution in [0.5, 0.6) is 11.5 Å². The van der Waals surface area contributed by atoms with E-state index in [1.165, 1.54) is 7.11 Å². The van der Waals surface area contributed by atoms with Crippen LogP contribution in [0, 0.1) is 11.3 Å². The summed E-state index contributed by atoms with van der Waals surface area (Å²) < 4.78 is 5.03. The zero-order chi connectivity index (χ0) is 11.3. The van der Waals surface area contributed by atoms with Crippen molar-refractivity contribution in [2.24, 2.45) is 0 Å². The number of benzene rings is 1. The van der Waals surface area contributed by atoms with Crippen molar-refractivity contribution in [3.8, 4) is 17.6 Å². The van der Waals surface area contributed by atoms with Crippen LogP contribution >= 0.6 is 0 Å². The maximum atomic E-state index is 9.85. The number of hydrogen-bond donors (Lipinski definition) is 1. The molecular weight excluding hydrogens is 190 g/mol. The largest absolute Gasteiger partial charge is 0.504 e. The van der Waals surface area contributed by atoms with Crippen molar-refractivity contribution in [2.45, 2.75) is 25.7 Å². The standard InChI is InChI=1S/C12H15NO2/c1-9(5-4-8-13)10-6-3-7-11(15-2)12(10)14/h3,6-7,9,14H,4-5H2,1-2H3. The molecule has 0 aliphatic rings. The Morgan fingerprint density at radius 3 is 2.87 bits per heavy atom. The Morgan fingerprint density at radius 2 is 2.27 bits per heavy atom. The number of rotatable bonds is 4. The summed E-state index contributed by atoms with van der Waals surface area (Å²) in [4.78, 5) is 0. The van der Waals surface area contributed by atoms with E-state index in [4.69, 9.17) is 10.00 Å². The van der Waals surface area contributed by atoms with Gasteiger partial charge in [-0.1, -0.05) is 19.1 Å². The molecule has 0 aliphatic carbocycles. The smallest absolute Gasteiger partial charge is 0.161 e. The van der Waals surface area contributed by atoms with Crippen molar-refractivity contribution < 1.29 is 9.84 Å². The minimum absolute atomic E-state index is 0.166. The van der Waals surface area contributed by atoms with E-state index in [1.54, 1.807) is 6.07 Å². The minimum atomic E-state index is 0.166. The SMILES string of the molecule is COc1cccc(C(C)CCC#N)c1O.